The standard InChI is InChI=1S/C20H25ClN2O2/c1-2-18(24)23-13-5-6-15(14-23)19(25)22-20(11-3-4-12-20)16-7-9-17(21)10-8-16/h2,7-10,15H,1,3-6,11-14H2,(H,22,25). The maximum absolute atomic E-state index is 13.0. The number of piperidine rings is 1. The van der Waals surface area contributed by atoms with Crippen molar-refractivity contribution in [2.24, 2.45) is 5.92 Å². The first kappa shape index (κ1) is 18.0. The second-order valence-electron chi connectivity index (χ2n) is 7.11. The van der Waals surface area contributed by atoms with Gasteiger partial charge in [0.25, 0.3) is 0 Å². The van der Waals surface area contributed by atoms with Gasteiger partial charge in [0.15, 0.2) is 0 Å². The van der Waals surface area contributed by atoms with Crippen LogP contribution in [0.2, 0.25) is 5.02 Å². The summed E-state index contributed by atoms with van der Waals surface area (Å²) in [4.78, 5) is 26.5. The van der Waals surface area contributed by atoms with Gasteiger partial charge in [-0.3, -0.25) is 9.59 Å². The Labute approximate surface area is 154 Å². The van der Waals surface area contributed by atoms with Crippen LogP contribution < -0.4 is 5.32 Å². The van der Waals surface area contributed by atoms with Gasteiger partial charge in [-0.25, -0.2) is 0 Å². The van der Waals surface area contributed by atoms with Crippen LogP contribution in [-0.2, 0) is 15.1 Å². The molecule has 2 fully saturated rings. The van der Waals surface area contributed by atoms with E-state index in [0.29, 0.717) is 18.1 Å². The van der Waals surface area contributed by atoms with E-state index in [2.05, 4.69) is 11.9 Å². The molecule has 1 aromatic carbocycles. The third kappa shape index (κ3) is 3.90. The van der Waals surface area contributed by atoms with E-state index in [-0.39, 0.29) is 23.3 Å². The molecule has 0 bridgehead atoms. The average molecular weight is 361 g/mol. The Morgan fingerprint density at radius 2 is 1.88 bits per heavy atom. The summed E-state index contributed by atoms with van der Waals surface area (Å²) in [7, 11) is 0. The summed E-state index contributed by atoms with van der Waals surface area (Å²) in [6.45, 7) is 4.73. The van der Waals surface area contributed by atoms with Gasteiger partial charge in [0, 0.05) is 18.1 Å². The van der Waals surface area contributed by atoms with E-state index >= 15 is 0 Å². The number of benzene rings is 1. The van der Waals surface area contributed by atoms with Gasteiger partial charge in [-0.2, -0.15) is 0 Å². The Morgan fingerprint density at radius 3 is 2.52 bits per heavy atom. The average Bonchev–Trinajstić information content (AvgIpc) is 3.11. The smallest absolute Gasteiger partial charge is 0.245 e. The number of nitrogens with one attached hydrogen (secondary N) is 1. The first-order valence-corrected chi connectivity index (χ1v) is 9.41. The molecule has 1 saturated heterocycles. The molecule has 0 radical (unpaired) electrons. The predicted octanol–water partition coefficient (Wildman–Crippen LogP) is 3.65. The molecule has 0 spiro atoms. The number of halogens is 1. The lowest BCUT2D eigenvalue weighted by molar-refractivity contribution is -0.133. The largest absolute Gasteiger partial charge is 0.346 e. The second kappa shape index (κ2) is 7.61. The van der Waals surface area contributed by atoms with Gasteiger partial charge >= 0.3 is 0 Å². The van der Waals surface area contributed by atoms with E-state index in [1.807, 2.05) is 24.3 Å². The Morgan fingerprint density at radius 1 is 1.20 bits per heavy atom. The number of likely N-dealkylation sites (tertiary alicyclic amines) is 1. The molecule has 1 aliphatic heterocycles. The van der Waals surface area contributed by atoms with Crippen molar-refractivity contribution in [2.75, 3.05) is 13.1 Å². The lowest BCUT2D eigenvalue weighted by atomic mass is 9.86. The Balaban J connectivity index is 1.74. The van der Waals surface area contributed by atoms with Crippen LogP contribution in [-0.4, -0.2) is 29.8 Å². The van der Waals surface area contributed by atoms with Crippen LogP contribution in [0.3, 0.4) is 0 Å². The molecule has 1 aliphatic carbocycles. The van der Waals surface area contributed by atoms with E-state index < -0.39 is 0 Å². The number of hydrogen-bond acceptors (Lipinski definition) is 2. The predicted molar refractivity (Wildman–Crippen MR) is 99.2 cm³/mol. The topological polar surface area (TPSA) is 49.4 Å². The van der Waals surface area contributed by atoms with Crippen LogP contribution in [0.25, 0.3) is 0 Å². The van der Waals surface area contributed by atoms with Gasteiger partial charge in [0.1, 0.15) is 0 Å². The van der Waals surface area contributed by atoms with Gasteiger partial charge in [-0.05, 0) is 49.5 Å². The van der Waals surface area contributed by atoms with Crippen molar-refractivity contribution in [3.05, 3.63) is 47.5 Å². The number of rotatable bonds is 4. The summed E-state index contributed by atoms with van der Waals surface area (Å²) in [5.74, 6) is -0.188. The summed E-state index contributed by atoms with van der Waals surface area (Å²) < 4.78 is 0. The van der Waals surface area contributed by atoms with Crippen LogP contribution in [0.1, 0.15) is 44.1 Å². The second-order valence-corrected chi connectivity index (χ2v) is 7.55. The molecule has 25 heavy (non-hydrogen) atoms. The van der Waals surface area contributed by atoms with Crippen molar-refractivity contribution in [3.63, 3.8) is 0 Å². The Bertz CT molecular complexity index is 650. The zero-order valence-electron chi connectivity index (χ0n) is 14.5. The maximum atomic E-state index is 13.0. The third-order valence-corrected chi connectivity index (χ3v) is 5.75. The van der Waals surface area contributed by atoms with E-state index in [1.165, 1.54) is 6.08 Å². The molecule has 0 aromatic heterocycles. The lowest BCUT2D eigenvalue weighted by Gasteiger charge is -2.36. The number of amides is 2. The normalized spacial score (nSPS) is 22.4. The van der Waals surface area contributed by atoms with Crippen molar-refractivity contribution in [3.8, 4) is 0 Å². The Kier molecular flexibility index (Phi) is 5.48. The summed E-state index contributed by atoms with van der Waals surface area (Å²) >= 11 is 6.02. The van der Waals surface area contributed by atoms with E-state index in [1.54, 1.807) is 4.90 Å². The SMILES string of the molecule is C=CC(=O)N1CCCC(C(=O)NC2(c3ccc(Cl)cc3)CCCC2)C1. The first-order chi connectivity index (χ1) is 12.0. The summed E-state index contributed by atoms with van der Waals surface area (Å²) in [6.07, 6.45) is 7.11. The minimum absolute atomic E-state index is 0.0541. The molecular formula is C20H25ClN2O2. The molecule has 2 aliphatic rings. The fourth-order valence-electron chi connectivity index (χ4n) is 4.09. The summed E-state index contributed by atoms with van der Waals surface area (Å²) in [5.41, 5.74) is 0.824. The Hall–Kier alpha value is -1.81. The van der Waals surface area contributed by atoms with E-state index in [9.17, 15) is 9.59 Å². The first-order valence-electron chi connectivity index (χ1n) is 9.03. The van der Waals surface area contributed by atoms with Crippen LogP contribution in [0.15, 0.2) is 36.9 Å². The van der Waals surface area contributed by atoms with E-state index in [4.69, 9.17) is 11.6 Å². The fourth-order valence-corrected chi connectivity index (χ4v) is 4.22. The zero-order chi connectivity index (χ0) is 17.9. The van der Waals surface area contributed by atoms with Crippen molar-refractivity contribution in [1.29, 1.82) is 0 Å². The van der Waals surface area contributed by atoms with Crippen molar-refractivity contribution in [2.45, 2.75) is 44.1 Å². The van der Waals surface area contributed by atoms with Gasteiger partial charge in [0.05, 0.1) is 11.5 Å². The van der Waals surface area contributed by atoms with Crippen LogP contribution >= 0.6 is 11.6 Å². The van der Waals surface area contributed by atoms with Gasteiger partial charge < -0.3 is 10.2 Å². The van der Waals surface area contributed by atoms with Crippen LogP contribution in [0.4, 0.5) is 0 Å². The van der Waals surface area contributed by atoms with E-state index in [0.717, 1.165) is 44.1 Å². The van der Waals surface area contributed by atoms with Crippen LogP contribution in [0, 0.1) is 5.92 Å². The molecule has 3 rings (SSSR count). The molecule has 1 atom stereocenters. The monoisotopic (exact) mass is 360 g/mol. The molecule has 1 aromatic rings. The molecule has 1 heterocycles. The third-order valence-electron chi connectivity index (χ3n) is 5.49. The highest BCUT2D eigenvalue weighted by Crippen LogP contribution is 2.39. The maximum Gasteiger partial charge on any atom is 0.245 e. The minimum atomic E-state index is -0.299. The molecule has 1 unspecified atom stereocenters. The van der Waals surface area contributed by atoms with Crippen LogP contribution in [0.5, 0.6) is 0 Å². The summed E-state index contributed by atoms with van der Waals surface area (Å²) in [5, 5.41) is 4.03. The molecule has 5 heteroatoms. The number of hydrogen-bond donors (Lipinski definition) is 1. The zero-order valence-corrected chi connectivity index (χ0v) is 15.2. The number of nitrogens with zero attached hydrogens (tertiary/aromatic N) is 1. The molecule has 134 valence electrons. The van der Waals surface area contributed by atoms with Crippen molar-refractivity contribution < 1.29 is 9.59 Å². The highest BCUT2D eigenvalue weighted by atomic mass is 35.5. The molecule has 1 saturated carbocycles. The molecule has 1 N–H and O–H groups in total. The molecule has 4 nitrogen and oxygen atoms in total. The van der Waals surface area contributed by atoms with Crippen molar-refractivity contribution >= 4 is 23.4 Å². The fraction of sp³-hybridized carbons (Fsp3) is 0.500. The lowest BCUT2D eigenvalue weighted by Crippen LogP contribution is -2.50. The van der Waals surface area contributed by atoms with Gasteiger partial charge in [0.2, 0.25) is 11.8 Å². The highest BCUT2D eigenvalue weighted by molar-refractivity contribution is 6.30. The van der Waals surface area contributed by atoms with Crippen molar-refractivity contribution in [1.82, 2.24) is 10.2 Å². The summed E-state index contributed by atoms with van der Waals surface area (Å²) in [6, 6.07) is 7.80. The quantitative estimate of drug-likeness (QED) is 0.833. The highest BCUT2D eigenvalue weighted by Gasteiger charge is 2.39. The van der Waals surface area contributed by atoms with Gasteiger partial charge in [-0.15, -0.1) is 0 Å². The molecular weight excluding hydrogens is 336 g/mol. The number of carbonyl (C=O) groups is 2. The minimum Gasteiger partial charge on any atom is -0.346 e. The van der Waals surface area contributed by atoms with Gasteiger partial charge in [-0.1, -0.05) is 43.2 Å². The number of carbonyl (C=O) groups excluding carboxylic acids is 2. The molecule has 2 amide bonds.